The van der Waals surface area contributed by atoms with E-state index in [4.69, 9.17) is 4.74 Å². The average Bonchev–Trinajstić information content (AvgIpc) is 3.03. The number of benzene rings is 1. The van der Waals surface area contributed by atoms with E-state index in [9.17, 15) is 13.5 Å². The predicted octanol–water partition coefficient (Wildman–Crippen LogP) is 1.01. The van der Waals surface area contributed by atoms with E-state index in [1.807, 2.05) is 6.92 Å². The Balaban J connectivity index is 1.96. The summed E-state index contributed by atoms with van der Waals surface area (Å²) in [4.78, 5) is 0.300. The van der Waals surface area contributed by atoms with Crippen LogP contribution in [-0.2, 0) is 16.4 Å². The summed E-state index contributed by atoms with van der Waals surface area (Å²) in [5, 5.41) is 9.45. The Morgan fingerprint density at radius 1 is 1.45 bits per heavy atom. The number of hydrogen-bond acceptors (Lipinski definition) is 4. The first-order valence-corrected chi connectivity index (χ1v) is 8.36. The Morgan fingerprint density at radius 3 is 3.00 bits per heavy atom. The van der Waals surface area contributed by atoms with Gasteiger partial charge in [0, 0.05) is 13.0 Å². The van der Waals surface area contributed by atoms with Crippen LogP contribution in [0.4, 0.5) is 0 Å². The maximum atomic E-state index is 12.7. The highest BCUT2D eigenvalue weighted by Crippen LogP contribution is 2.33. The number of aliphatic hydroxyl groups is 1. The van der Waals surface area contributed by atoms with Crippen LogP contribution in [0.25, 0.3) is 0 Å². The van der Waals surface area contributed by atoms with E-state index in [2.05, 4.69) is 0 Å². The molecule has 5 nitrogen and oxygen atoms in total. The first-order chi connectivity index (χ1) is 9.54. The molecule has 0 aliphatic carbocycles. The number of hydrogen-bond donors (Lipinski definition) is 1. The van der Waals surface area contributed by atoms with Crippen LogP contribution in [0.3, 0.4) is 0 Å². The molecular formula is C14H19NO4S. The summed E-state index contributed by atoms with van der Waals surface area (Å²) in [5.74, 6) is 0.963. The van der Waals surface area contributed by atoms with Crippen molar-refractivity contribution in [2.24, 2.45) is 5.92 Å². The number of rotatable bonds is 3. The molecule has 110 valence electrons. The lowest BCUT2D eigenvalue weighted by molar-refractivity contribution is 0.191. The maximum Gasteiger partial charge on any atom is 0.243 e. The molecule has 2 heterocycles. The summed E-state index contributed by atoms with van der Waals surface area (Å²) >= 11 is 0. The van der Waals surface area contributed by atoms with Gasteiger partial charge in [0.25, 0.3) is 0 Å². The molecule has 0 spiro atoms. The van der Waals surface area contributed by atoms with E-state index in [0.717, 1.165) is 24.2 Å². The van der Waals surface area contributed by atoms with Gasteiger partial charge in [-0.3, -0.25) is 0 Å². The number of fused-ring (bicyclic) bond motifs is 1. The Morgan fingerprint density at radius 2 is 2.25 bits per heavy atom. The van der Waals surface area contributed by atoms with Crippen molar-refractivity contribution in [3.05, 3.63) is 23.8 Å². The summed E-state index contributed by atoms with van der Waals surface area (Å²) < 4.78 is 32.3. The van der Waals surface area contributed by atoms with Gasteiger partial charge < -0.3 is 9.84 Å². The van der Waals surface area contributed by atoms with E-state index in [1.165, 1.54) is 4.31 Å². The zero-order valence-electron chi connectivity index (χ0n) is 11.4. The standard InChI is InChI=1S/C14H19NO4S/c1-10-4-6-15(13(10)9-16)20(17,18)12-2-3-14-11(8-12)5-7-19-14/h2-3,8,10,13,16H,4-7,9H2,1H3. The first-order valence-electron chi connectivity index (χ1n) is 6.92. The lowest BCUT2D eigenvalue weighted by atomic mass is 10.0. The fraction of sp³-hybridized carbons (Fsp3) is 0.571. The Labute approximate surface area is 119 Å². The highest BCUT2D eigenvalue weighted by Gasteiger charge is 2.39. The smallest absolute Gasteiger partial charge is 0.243 e. The van der Waals surface area contributed by atoms with Crippen LogP contribution in [0, 0.1) is 5.92 Å². The molecule has 20 heavy (non-hydrogen) atoms. The molecule has 3 rings (SSSR count). The van der Waals surface area contributed by atoms with E-state index < -0.39 is 10.0 Å². The molecule has 1 saturated heterocycles. The molecule has 1 fully saturated rings. The third-order valence-electron chi connectivity index (χ3n) is 4.29. The topological polar surface area (TPSA) is 66.8 Å². The molecule has 2 aliphatic heterocycles. The van der Waals surface area contributed by atoms with Crippen LogP contribution in [0.1, 0.15) is 18.9 Å². The Kier molecular flexibility index (Phi) is 3.48. The monoisotopic (exact) mass is 297 g/mol. The predicted molar refractivity (Wildman–Crippen MR) is 74.2 cm³/mol. The third-order valence-corrected chi connectivity index (χ3v) is 6.21. The van der Waals surface area contributed by atoms with E-state index in [1.54, 1.807) is 18.2 Å². The summed E-state index contributed by atoms with van der Waals surface area (Å²) in [6.07, 6.45) is 1.54. The second-order valence-corrected chi connectivity index (χ2v) is 7.39. The van der Waals surface area contributed by atoms with Crippen LogP contribution in [0.2, 0.25) is 0 Å². The lowest BCUT2D eigenvalue weighted by Crippen LogP contribution is -2.39. The van der Waals surface area contributed by atoms with Crippen molar-refractivity contribution in [1.82, 2.24) is 4.31 Å². The van der Waals surface area contributed by atoms with Gasteiger partial charge in [-0.15, -0.1) is 0 Å². The van der Waals surface area contributed by atoms with E-state index >= 15 is 0 Å². The van der Waals surface area contributed by atoms with Crippen molar-refractivity contribution in [1.29, 1.82) is 0 Å². The minimum Gasteiger partial charge on any atom is -0.493 e. The van der Waals surface area contributed by atoms with Gasteiger partial charge in [-0.25, -0.2) is 8.42 Å². The largest absolute Gasteiger partial charge is 0.493 e. The number of sulfonamides is 1. The molecule has 0 aromatic heterocycles. The van der Waals surface area contributed by atoms with Gasteiger partial charge in [0.15, 0.2) is 0 Å². The van der Waals surface area contributed by atoms with Crippen LogP contribution < -0.4 is 4.74 Å². The summed E-state index contributed by atoms with van der Waals surface area (Å²) in [6.45, 7) is 2.93. The van der Waals surface area contributed by atoms with Gasteiger partial charge in [0.1, 0.15) is 5.75 Å². The molecule has 1 aromatic rings. The fourth-order valence-electron chi connectivity index (χ4n) is 3.00. The molecule has 1 N–H and O–H groups in total. The van der Waals surface area contributed by atoms with Gasteiger partial charge in [-0.05, 0) is 36.1 Å². The zero-order valence-corrected chi connectivity index (χ0v) is 12.3. The SMILES string of the molecule is CC1CCN(S(=O)(=O)c2ccc3c(c2)CCO3)C1CO. The molecule has 6 heteroatoms. The molecule has 2 atom stereocenters. The summed E-state index contributed by atoms with van der Waals surface area (Å²) in [7, 11) is -3.54. The number of aliphatic hydroxyl groups excluding tert-OH is 1. The fourth-order valence-corrected chi connectivity index (χ4v) is 4.78. The second-order valence-electron chi connectivity index (χ2n) is 5.50. The lowest BCUT2D eigenvalue weighted by Gasteiger charge is -2.24. The van der Waals surface area contributed by atoms with Crippen LogP contribution in [-0.4, -0.2) is 43.6 Å². The average molecular weight is 297 g/mol. The molecule has 2 aliphatic rings. The molecule has 0 radical (unpaired) electrons. The minimum atomic E-state index is -3.54. The van der Waals surface area contributed by atoms with Gasteiger partial charge in [-0.1, -0.05) is 6.92 Å². The molecular weight excluding hydrogens is 278 g/mol. The molecule has 2 unspecified atom stereocenters. The molecule has 0 bridgehead atoms. The summed E-state index contributed by atoms with van der Waals surface area (Å²) in [6, 6.07) is 4.71. The minimum absolute atomic E-state index is 0.131. The third kappa shape index (κ3) is 2.12. The zero-order chi connectivity index (χ0) is 14.3. The first kappa shape index (κ1) is 13.9. The van der Waals surface area contributed by atoms with Gasteiger partial charge in [0.05, 0.1) is 24.2 Å². The van der Waals surface area contributed by atoms with Crippen LogP contribution in [0.5, 0.6) is 5.75 Å². The molecule has 1 aromatic carbocycles. The summed E-state index contributed by atoms with van der Waals surface area (Å²) in [5.41, 5.74) is 0.943. The van der Waals surface area contributed by atoms with Crippen LogP contribution >= 0.6 is 0 Å². The van der Waals surface area contributed by atoms with Crippen molar-refractivity contribution < 1.29 is 18.3 Å². The van der Waals surface area contributed by atoms with Gasteiger partial charge in [-0.2, -0.15) is 4.31 Å². The second kappa shape index (κ2) is 5.02. The van der Waals surface area contributed by atoms with Gasteiger partial charge in [0.2, 0.25) is 10.0 Å². The van der Waals surface area contributed by atoms with Crippen molar-refractivity contribution >= 4 is 10.0 Å². The normalized spacial score (nSPS) is 26.5. The highest BCUT2D eigenvalue weighted by atomic mass is 32.2. The molecule has 0 saturated carbocycles. The van der Waals surface area contributed by atoms with Crippen molar-refractivity contribution in [3.8, 4) is 5.75 Å². The van der Waals surface area contributed by atoms with Crippen molar-refractivity contribution in [3.63, 3.8) is 0 Å². The van der Waals surface area contributed by atoms with Crippen molar-refractivity contribution in [2.75, 3.05) is 19.8 Å². The van der Waals surface area contributed by atoms with E-state index in [0.29, 0.717) is 18.0 Å². The van der Waals surface area contributed by atoms with Crippen molar-refractivity contribution in [2.45, 2.75) is 30.7 Å². The van der Waals surface area contributed by atoms with E-state index in [-0.39, 0.29) is 18.6 Å². The number of ether oxygens (including phenoxy) is 1. The van der Waals surface area contributed by atoms with Gasteiger partial charge >= 0.3 is 0 Å². The maximum absolute atomic E-state index is 12.7. The highest BCUT2D eigenvalue weighted by molar-refractivity contribution is 7.89. The number of nitrogens with zero attached hydrogens (tertiary/aromatic N) is 1. The molecule has 0 amide bonds. The Bertz CT molecular complexity index is 614. The van der Waals surface area contributed by atoms with Crippen LogP contribution in [0.15, 0.2) is 23.1 Å². The quantitative estimate of drug-likeness (QED) is 0.904. The Hall–Kier alpha value is -1.11.